The molecule has 1 atom stereocenters. The van der Waals surface area contributed by atoms with Crippen LogP contribution in [0.15, 0.2) is 36.5 Å². The molecule has 144 valence electrons. The number of rotatable bonds is 9. The predicted molar refractivity (Wildman–Crippen MR) is 98.3 cm³/mol. The fourth-order valence-corrected chi connectivity index (χ4v) is 2.71. The molecule has 2 aromatic rings. The van der Waals surface area contributed by atoms with Crippen molar-refractivity contribution in [2.45, 2.75) is 38.1 Å². The Kier molecular flexibility index (Phi) is 7.50. The summed E-state index contributed by atoms with van der Waals surface area (Å²) in [6.07, 6.45) is 2.48. The monoisotopic (exact) mass is 374 g/mol. The normalized spacial score (nSPS) is 11.6. The highest BCUT2D eigenvalue weighted by Crippen LogP contribution is 2.21. The zero-order chi connectivity index (χ0) is 19.6. The average Bonchev–Trinajstić information content (AvgIpc) is 2.66. The number of unbranched alkanes of at least 4 members (excludes halogenated alkanes) is 2. The van der Waals surface area contributed by atoms with Gasteiger partial charge < -0.3 is 15.7 Å². The molecule has 27 heavy (non-hydrogen) atoms. The lowest BCUT2D eigenvalue weighted by Crippen LogP contribution is -2.43. The Morgan fingerprint density at radius 3 is 2.59 bits per heavy atom. The first kappa shape index (κ1) is 20.1. The summed E-state index contributed by atoms with van der Waals surface area (Å²) in [5.74, 6) is -0.944. The highest BCUT2D eigenvalue weighted by Gasteiger charge is 2.21. The number of para-hydroxylation sites is 1. The molecule has 5 N–H and O–H groups in total. The van der Waals surface area contributed by atoms with E-state index in [-0.39, 0.29) is 12.8 Å². The number of nitrogens with zero attached hydrogens (tertiary/aromatic N) is 1. The Bertz CT molecular complexity index is 806. The number of pyridine rings is 1. The van der Waals surface area contributed by atoms with Crippen molar-refractivity contribution in [2.75, 3.05) is 5.32 Å². The number of nitrogens with one attached hydrogen (secondary N) is 3. The number of carboxylic acid groups (broad SMARTS) is 1. The van der Waals surface area contributed by atoms with Gasteiger partial charge in [-0.15, -0.1) is 0 Å². The van der Waals surface area contributed by atoms with Crippen molar-refractivity contribution in [3.05, 3.63) is 36.5 Å². The van der Waals surface area contributed by atoms with Gasteiger partial charge in [0, 0.05) is 18.0 Å². The molecule has 0 aliphatic carbocycles. The molecule has 0 aliphatic rings. The van der Waals surface area contributed by atoms with Crippen LogP contribution in [0.1, 0.15) is 32.1 Å². The number of carbonyl (C=O) groups is 3. The Hall–Kier alpha value is -3.20. The topological polar surface area (TPSA) is 141 Å². The van der Waals surface area contributed by atoms with Gasteiger partial charge in [-0.1, -0.05) is 31.0 Å². The summed E-state index contributed by atoms with van der Waals surface area (Å²) < 4.78 is 0. The van der Waals surface area contributed by atoms with E-state index in [4.69, 9.17) is 10.3 Å². The minimum Gasteiger partial charge on any atom is -0.465 e. The molecule has 0 bridgehead atoms. The van der Waals surface area contributed by atoms with Crippen molar-refractivity contribution in [3.63, 3.8) is 0 Å². The second kappa shape index (κ2) is 10.1. The van der Waals surface area contributed by atoms with Crippen LogP contribution >= 0.6 is 0 Å². The molecular formula is C18H22N4O5. The van der Waals surface area contributed by atoms with Gasteiger partial charge in [-0.2, -0.15) is 0 Å². The van der Waals surface area contributed by atoms with Gasteiger partial charge in [0.1, 0.15) is 6.04 Å². The van der Waals surface area contributed by atoms with Crippen molar-refractivity contribution >= 4 is 34.5 Å². The fourth-order valence-electron chi connectivity index (χ4n) is 2.71. The van der Waals surface area contributed by atoms with Crippen LogP contribution < -0.4 is 16.1 Å². The first-order chi connectivity index (χ1) is 13.0. The smallest absolute Gasteiger partial charge is 0.405 e. The van der Waals surface area contributed by atoms with Crippen molar-refractivity contribution in [1.82, 2.24) is 15.8 Å². The first-order valence-corrected chi connectivity index (χ1v) is 8.58. The van der Waals surface area contributed by atoms with Gasteiger partial charge in [-0.25, -0.2) is 10.3 Å². The molecule has 1 aromatic carbocycles. The summed E-state index contributed by atoms with van der Waals surface area (Å²) in [7, 11) is 0. The number of hydroxylamine groups is 1. The molecule has 0 spiro atoms. The maximum absolute atomic E-state index is 12.5. The Labute approximate surface area is 155 Å². The second-order valence-corrected chi connectivity index (χ2v) is 6.01. The van der Waals surface area contributed by atoms with E-state index < -0.39 is 23.9 Å². The standard InChI is InChI=1S/C18H22N4O5/c23-15(22-27)10-3-1-2-8-14(21-18(25)26)17(24)20-13-9-4-6-12-7-5-11-19-16(12)13/h4-7,9,11,14,21,27H,1-3,8,10H2,(H,20,24)(H,22,23)(H,25,26). The van der Waals surface area contributed by atoms with E-state index in [1.54, 1.807) is 29.9 Å². The molecule has 0 aliphatic heterocycles. The first-order valence-electron chi connectivity index (χ1n) is 8.58. The maximum Gasteiger partial charge on any atom is 0.405 e. The summed E-state index contributed by atoms with van der Waals surface area (Å²) in [5.41, 5.74) is 2.68. The van der Waals surface area contributed by atoms with E-state index in [9.17, 15) is 14.4 Å². The van der Waals surface area contributed by atoms with Crippen molar-refractivity contribution in [3.8, 4) is 0 Å². The van der Waals surface area contributed by atoms with Gasteiger partial charge in [0.2, 0.25) is 11.8 Å². The van der Waals surface area contributed by atoms with Crippen LogP contribution in [-0.2, 0) is 9.59 Å². The van der Waals surface area contributed by atoms with Crippen LogP contribution in [0.3, 0.4) is 0 Å². The second-order valence-electron chi connectivity index (χ2n) is 6.01. The van der Waals surface area contributed by atoms with Crippen LogP contribution in [0.2, 0.25) is 0 Å². The minimum atomic E-state index is -1.29. The molecular weight excluding hydrogens is 352 g/mol. The average molecular weight is 374 g/mol. The molecule has 0 saturated heterocycles. The van der Waals surface area contributed by atoms with Crippen LogP contribution in [0.5, 0.6) is 0 Å². The number of hydrogen-bond donors (Lipinski definition) is 5. The zero-order valence-electron chi connectivity index (χ0n) is 14.6. The number of aromatic nitrogens is 1. The fraction of sp³-hybridized carbons (Fsp3) is 0.333. The van der Waals surface area contributed by atoms with Crippen LogP contribution in [-0.4, -0.2) is 39.2 Å². The number of benzene rings is 1. The van der Waals surface area contributed by atoms with Crippen molar-refractivity contribution < 1.29 is 24.7 Å². The molecule has 2 rings (SSSR count). The third-order valence-corrected chi connectivity index (χ3v) is 4.03. The number of anilines is 1. The van der Waals surface area contributed by atoms with Gasteiger partial charge in [-0.3, -0.25) is 19.8 Å². The Morgan fingerprint density at radius 2 is 1.85 bits per heavy atom. The molecule has 3 amide bonds. The van der Waals surface area contributed by atoms with Gasteiger partial charge in [0.25, 0.3) is 0 Å². The number of amides is 3. The SMILES string of the molecule is O=C(O)NC(CCCCCC(=O)NO)C(=O)Nc1cccc2cccnc12. The van der Waals surface area contributed by atoms with E-state index in [1.165, 1.54) is 0 Å². The number of hydrogen-bond acceptors (Lipinski definition) is 5. The lowest BCUT2D eigenvalue weighted by Gasteiger charge is -2.17. The highest BCUT2D eigenvalue weighted by molar-refractivity contribution is 6.02. The zero-order valence-corrected chi connectivity index (χ0v) is 14.6. The third-order valence-electron chi connectivity index (χ3n) is 4.03. The van der Waals surface area contributed by atoms with E-state index in [0.29, 0.717) is 30.5 Å². The van der Waals surface area contributed by atoms with Crippen LogP contribution in [0.4, 0.5) is 10.5 Å². The van der Waals surface area contributed by atoms with Crippen molar-refractivity contribution in [1.29, 1.82) is 0 Å². The minimum absolute atomic E-state index is 0.168. The lowest BCUT2D eigenvalue weighted by atomic mass is 10.1. The molecule has 0 radical (unpaired) electrons. The molecule has 1 unspecified atom stereocenters. The highest BCUT2D eigenvalue weighted by atomic mass is 16.5. The van der Waals surface area contributed by atoms with E-state index in [1.807, 2.05) is 12.1 Å². The Balaban J connectivity index is 1.97. The van der Waals surface area contributed by atoms with Gasteiger partial charge >= 0.3 is 6.09 Å². The number of fused-ring (bicyclic) bond motifs is 1. The molecule has 9 heteroatoms. The molecule has 1 heterocycles. The number of carbonyl (C=O) groups excluding carboxylic acids is 2. The predicted octanol–water partition coefficient (Wildman–Crippen LogP) is 2.27. The van der Waals surface area contributed by atoms with E-state index in [2.05, 4.69) is 15.6 Å². The quantitative estimate of drug-likeness (QED) is 0.259. The summed E-state index contributed by atoms with van der Waals surface area (Å²) >= 11 is 0. The summed E-state index contributed by atoms with van der Waals surface area (Å²) in [5, 5.41) is 23.2. The van der Waals surface area contributed by atoms with Gasteiger partial charge in [-0.05, 0) is 25.0 Å². The van der Waals surface area contributed by atoms with E-state index in [0.717, 1.165) is 5.39 Å². The summed E-state index contributed by atoms with van der Waals surface area (Å²) in [4.78, 5) is 38.8. The molecule has 9 nitrogen and oxygen atoms in total. The summed E-state index contributed by atoms with van der Waals surface area (Å²) in [6, 6.07) is 8.10. The molecule has 0 fully saturated rings. The van der Waals surface area contributed by atoms with E-state index >= 15 is 0 Å². The molecule has 1 aromatic heterocycles. The molecule has 0 saturated carbocycles. The van der Waals surface area contributed by atoms with Gasteiger partial charge in [0.05, 0.1) is 11.2 Å². The van der Waals surface area contributed by atoms with Crippen molar-refractivity contribution in [2.24, 2.45) is 0 Å². The van der Waals surface area contributed by atoms with Gasteiger partial charge in [0.15, 0.2) is 0 Å². The summed E-state index contributed by atoms with van der Waals surface area (Å²) in [6.45, 7) is 0. The Morgan fingerprint density at radius 1 is 1.07 bits per heavy atom. The van der Waals surface area contributed by atoms with Crippen LogP contribution in [0, 0.1) is 0 Å². The maximum atomic E-state index is 12.5. The van der Waals surface area contributed by atoms with Crippen LogP contribution in [0.25, 0.3) is 10.9 Å². The lowest BCUT2D eigenvalue weighted by molar-refractivity contribution is -0.129. The largest absolute Gasteiger partial charge is 0.465 e. The third kappa shape index (κ3) is 6.23.